The van der Waals surface area contributed by atoms with Crippen molar-refractivity contribution >= 4 is 33.0 Å². The summed E-state index contributed by atoms with van der Waals surface area (Å²) in [4.78, 5) is 15.7. The Bertz CT molecular complexity index is 775. The average molecular weight is 315 g/mol. The Kier molecular flexibility index (Phi) is 4.95. The lowest BCUT2D eigenvalue weighted by Crippen LogP contribution is -2.17. The maximum Gasteiger partial charge on any atom is 0.221 e. The fourth-order valence-electron chi connectivity index (χ4n) is 1.86. The van der Waals surface area contributed by atoms with Crippen LogP contribution in [0.5, 0.6) is 5.75 Å². The first-order valence-corrected chi connectivity index (χ1v) is 7.37. The van der Waals surface area contributed by atoms with E-state index < -0.39 is 0 Å². The number of hydrogen-bond acceptors (Lipinski definition) is 5. The van der Waals surface area contributed by atoms with Crippen LogP contribution in [0.1, 0.15) is 11.9 Å². The molecule has 0 aliphatic rings. The number of carbonyl (C=O) groups is 1. The van der Waals surface area contributed by atoms with E-state index in [2.05, 4.69) is 16.9 Å². The van der Waals surface area contributed by atoms with Crippen molar-refractivity contribution in [2.24, 2.45) is 5.73 Å². The van der Waals surface area contributed by atoms with E-state index in [4.69, 9.17) is 10.5 Å². The van der Waals surface area contributed by atoms with Crippen LogP contribution >= 0.6 is 11.3 Å². The average Bonchev–Trinajstić information content (AvgIpc) is 2.93. The highest BCUT2D eigenvalue weighted by molar-refractivity contribution is 7.19. The normalized spacial score (nSPS) is 12.3. The largest absolute Gasteiger partial charge is 0.497 e. The molecule has 0 aliphatic heterocycles. The number of nitrogens with one attached hydrogen (secondary N) is 1. The summed E-state index contributed by atoms with van der Waals surface area (Å²) in [7, 11) is 1.62. The first kappa shape index (κ1) is 15.8. The molecular formula is C16H17N3O2S. The smallest absolute Gasteiger partial charge is 0.221 e. The number of nitrogens with two attached hydrogens (primary N) is 1. The molecule has 6 heteroatoms. The molecule has 2 aromatic rings. The molecule has 1 aromatic carbocycles. The molecule has 0 radical (unpaired) electrons. The van der Waals surface area contributed by atoms with Gasteiger partial charge >= 0.3 is 0 Å². The molecule has 1 aromatic heterocycles. The monoisotopic (exact) mass is 315 g/mol. The third-order valence-corrected chi connectivity index (χ3v) is 3.96. The summed E-state index contributed by atoms with van der Waals surface area (Å²) in [5, 5.41) is 3.44. The summed E-state index contributed by atoms with van der Waals surface area (Å²) >= 11 is 1.51. The molecule has 0 saturated heterocycles. The van der Waals surface area contributed by atoms with Crippen LogP contribution in [-0.2, 0) is 4.79 Å². The van der Waals surface area contributed by atoms with Gasteiger partial charge in [-0.1, -0.05) is 6.58 Å². The summed E-state index contributed by atoms with van der Waals surface area (Å²) in [5.74, 6) is 0.583. The van der Waals surface area contributed by atoms with Crippen LogP contribution in [-0.4, -0.2) is 18.0 Å². The number of aromatic nitrogens is 1. The zero-order valence-corrected chi connectivity index (χ0v) is 13.2. The molecule has 5 nitrogen and oxygen atoms in total. The number of amides is 1. The Morgan fingerprint density at radius 3 is 2.86 bits per heavy atom. The Hall–Kier alpha value is -2.60. The molecule has 2 rings (SSSR count). The number of methoxy groups -OCH3 is 1. The van der Waals surface area contributed by atoms with Gasteiger partial charge in [0, 0.05) is 30.5 Å². The Morgan fingerprint density at radius 1 is 1.50 bits per heavy atom. The van der Waals surface area contributed by atoms with E-state index in [1.165, 1.54) is 24.5 Å². The first-order chi connectivity index (χ1) is 10.6. The van der Waals surface area contributed by atoms with Crippen LogP contribution in [0.25, 0.3) is 15.8 Å². The van der Waals surface area contributed by atoms with Crippen molar-refractivity contribution in [1.82, 2.24) is 10.3 Å². The number of thiazole rings is 1. The van der Waals surface area contributed by atoms with Gasteiger partial charge in [-0.25, -0.2) is 4.98 Å². The maximum atomic E-state index is 11.2. The second-order valence-electron chi connectivity index (χ2n) is 4.46. The summed E-state index contributed by atoms with van der Waals surface area (Å²) in [6.45, 7) is 5.11. The van der Waals surface area contributed by atoms with Crippen LogP contribution in [0, 0.1) is 0 Å². The molecule has 1 amide bonds. The van der Waals surface area contributed by atoms with E-state index in [9.17, 15) is 4.79 Å². The fourth-order valence-corrected chi connectivity index (χ4v) is 2.80. The van der Waals surface area contributed by atoms with Crippen molar-refractivity contribution in [3.63, 3.8) is 0 Å². The Morgan fingerprint density at radius 2 is 2.27 bits per heavy atom. The van der Waals surface area contributed by atoms with E-state index in [0.29, 0.717) is 11.3 Å². The number of carbonyl (C=O) groups excluding carboxylic acids is 1. The third-order valence-electron chi connectivity index (χ3n) is 2.87. The van der Waals surface area contributed by atoms with Gasteiger partial charge in [0.05, 0.1) is 17.3 Å². The number of rotatable bonds is 5. The van der Waals surface area contributed by atoms with Gasteiger partial charge in [0.15, 0.2) is 0 Å². The van der Waals surface area contributed by atoms with Crippen LogP contribution in [0.15, 0.2) is 48.8 Å². The van der Waals surface area contributed by atoms with Gasteiger partial charge in [-0.15, -0.1) is 11.3 Å². The second kappa shape index (κ2) is 6.91. The number of fused-ring (bicyclic) bond motifs is 1. The van der Waals surface area contributed by atoms with Crippen LogP contribution in [0.4, 0.5) is 0 Å². The van der Waals surface area contributed by atoms with Crippen molar-refractivity contribution < 1.29 is 9.53 Å². The minimum Gasteiger partial charge on any atom is -0.497 e. The third kappa shape index (κ3) is 3.53. The molecule has 0 aliphatic carbocycles. The summed E-state index contributed by atoms with van der Waals surface area (Å²) in [5.41, 5.74) is 7.83. The van der Waals surface area contributed by atoms with Gasteiger partial charge in [0.2, 0.25) is 5.91 Å². The zero-order valence-electron chi connectivity index (χ0n) is 12.4. The van der Waals surface area contributed by atoms with Gasteiger partial charge in [-0.2, -0.15) is 0 Å². The van der Waals surface area contributed by atoms with E-state index in [0.717, 1.165) is 21.0 Å². The highest BCUT2D eigenvalue weighted by Crippen LogP contribution is 2.30. The zero-order chi connectivity index (χ0) is 16.1. The standard InChI is InChI=1S/C16H17N3O2S/c1-4-12(18-10(2)20)7-11(9-17)16-19-14-8-13(21-3)5-6-15(14)22-16/h4-9H,1,17H2,2-3H3,(H,18,20)/b11-9+,12-7+. The number of benzene rings is 1. The van der Waals surface area contributed by atoms with Gasteiger partial charge in [-0.3, -0.25) is 4.79 Å². The number of allylic oxidation sites excluding steroid dienone is 3. The van der Waals surface area contributed by atoms with Crippen LogP contribution in [0.3, 0.4) is 0 Å². The molecule has 0 spiro atoms. The minimum absolute atomic E-state index is 0.170. The SMILES string of the molecule is C=C/C(=C\C(=C/N)c1nc2cc(OC)ccc2s1)NC(C)=O. The molecule has 1 heterocycles. The van der Waals surface area contributed by atoms with Crippen LogP contribution < -0.4 is 15.8 Å². The summed E-state index contributed by atoms with van der Waals surface area (Å²) in [6, 6.07) is 5.71. The molecule has 114 valence electrons. The molecule has 0 saturated carbocycles. The quantitative estimate of drug-likeness (QED) is 0.832. The van der Waals surface area contributed by atoms with Crippen molar-refractivity contribution in [1.29, 1.82) is 0 Å². The number of ether oxygens (including phenoxy) is 1. The van der Waals surface area contributed by atoms with Gasteiger partial charge in [0.1, 0.15) is 10.8 Å². The van der Waals surface area contributed by atoms with Crippen LogP contribution in [0.2, 0.25) is 0 Å². The number of hydrogen-bond donors (Lipinski definition) is 2. The topological polar surface area (TPSA) is 77.2 Å². The molecule has 3 N–H and O–H groups in total. The van der Waals surface area contributed by atoms with E-state index in [1.54, 1.807) is 19.3 Å². The summed E-state index contributed by atoms with van der Waals surface area (Å²) < 4.78 is 6.23. The maximum absolute atomic E-state index is 11.2. The predicted molar refractivity (Wildman–Crippen MR) is 90.4 cm³/mol. The number of nitrogens with zero attached hydrogens (tertiary/aromatic N) is 1. The molecule has 0 fully saturated rings. The lowest BCUT2D eigenvalue weighted by molar-refractivity contribution is -0.118. The minimum atomic E-state index is -0.170. The lowest BCUT2D eigenvalue weighted by atomic mass is 10.2. The van der Waals surface area contributed by atoms with Crippen molar-refractivity contribution in [2.45, 2.75) is 6.92 Å². The Labute approximate surface area is 132 Å². The highest BCUT2D eigenvalue weighted by atomic mass is 32.1. The highest BCUT2D eigenvalue weighted by Gasteiger charge is 2.09. The van der Waals surface area contributed by atoms with E-state index in [1.807, 2.05) is 18.2 Å². The fraction of sp³-hybridized carbons (Fsp3) is 0.125. The van der Waals surface area contributed by atoms with Gasteiger partial charge in [0.25, 0.3) is 0 Å². The van der Waals surface area contributed by atoms with E-state index in [-0.39, 0.29) is 5.91 Å². The Balaban J connectivity index is 2.41. The van der Waals surface area contributed by atoms with Crippen molar-refractivity contribution in [3.05, 3.63) is 53.8 Å². The predicted octanol–water partition coefficient (Wildman–Crippen LogP) is 2.81. The van der Waals surface area contributed by atoms with Crippen molar-refractivity contribution in [3.8, 4) is 5.75 Å². The first-order valence-electron chi connectivity index (χ1n) is 6.56. The molecule has 0 unspecified atom stereocenters. The molecular weight excluding hydrogens is 298 g/mol. The molecule has 0 atom stereocenters. The lowest BCUT2D eigenvalue weighted by Gasteiger charge is -2.03. The second-order valence-corrected chi connectivity index (χ2v) is 5.49. The van der Waals surface area contributed by atoms with Gasteiger partial charge < -0.3 is 15.8 Å². The summed E-state index contributed by atoms with van der Waals surface area (Å²) in [6.07, 6.45) is 4.75. The van der Waals surface area contributed by atoms with Gasteiger partial charge in [-0.05, 0) is 24.3 Å². The van der Waals surface area contributed by atoms with Crippen molar-refractivity contribution in [2.75, 3.05) is 7.11 Å². The molecule has 0 bridgehead atoms. The molecule has 22 heavy (non-hydrogen) atoms. The van der Waals surface area contributed by atoms with E-state index >= 15 is 0 Å².